The lowest BCUT2D eigenvalue weighted by Crippen LogP contribution is -1.99. The van der Waals surface area contributed by atoms with Gasteiger partial charge in [-0.15, -0.1) is 0 Å². The Morgan fingerprint density at radius 3 is 2.04 bits per heavy atom. The molecular formula is C20H28O3S. The van der Waals surface area contributed by atoms with Gasteiger partial charge in [0.05, 0.1) is 0 Å². The van der Waals surface area contributed by atoms with Crippen LogP contribution in [-0.4, -0.2) is 13.0 Å². The summed E-state index contributed by atoms with van der Waals surface area (Å²) in [5, 5.41) is 1.53. The maximum Gasteiger partial charge on any atom is 0.295 e. The van der Waals surface area contributed by atoms with Gasteiger partial charge in [0, 0.05) is 5.39 Å². The fraction of sp³-hybridized carbons (Fsp3) is 0.500. The standard InChI is InChI=1S/C20H28O3S/c1-2-3-4-5-6-7-8-9-12-17-13-10-15-19-18(17)14-11-16-20(19)24(21,22)23/h10-11,13-16H,2-9,12H2,1H3,(H,21,22,23). The highest BCUT2D eigenvalue weighted by molar-refractivity contribution is 7.86. The molecular weight excluding hydrogens is 320 g/mol. The molecule has 0 saturated carbocycles. The van der Waals surface area contributed by atoms with Crippen molar-refractivity contribution in [3.63, 3.8) is 0 Å². The third kappa shape index (κ3) is 5.32. The number of aryl methyl sites for hydroxylation is 1. The second kappa shape index (κ2) is 9.19. The first-order valence-corrected chi connectivity index (χ1v) is 10.5. The molecule has 132 valence electrons. The molecule has 0 aromatic heterocycles. The summed E-state index contributed by atoms with van der Waals surface area (Å²) >= 11 is 0. The number of unbranched alkanes of at least 4 members (excludes halogenated alkanes) is 7. The van der Waals surface area contributed by atoms with Crippen LogP contribution >= 0.6 is 0 Å². The normalized spacial score (nSPS) is 11.9. The first-order chi connectivity index (χ1) is 11.5. The van der Waals surface area contributed by atoms with Gasteiger partial charge in [-0.2, -0.15) is 8.42 Å². The molecule has 0 spiro atoms. The minimum absolute atomic E-state index is 0.00206. The highest BCUT2D eigenvalue weighted by Gasteiger charge is 2.14. The predicted octanol–water partition coefficient (Wildman–Crippen LogP) is 5.77. The summed E-state index contributed by atoms with van der Waals surface area (Å²) in [6.07, 6.45) is 11.1. The van der Waals surface area contributed by atoms with Crippen LogP contribution in [0.4, 0.5) is 0 Å². The summed E-state index contributed by atoms with van der Waals surface area (Å²) in [4.78, 5) is -0.00206. The molecule has 1 N–H and O–H groups in total. The smallest absolute Gasteiger partial charge is 0.282 e. The van der Waals surface area contributed by atoms with Gasteiger partial charge in [0.25, 0.3) is 10.1 Å². The molecule has 0 heterocycles. The van der Waals surface area contributed by atoms with E-state index in [0.29, 0.717) is 5.39 Å². The summed E-state index contributed by atoms with van der Waals surface area (Å²) in [7, 11) is -4.19. The third-order valence-corrected chi connectivity index (χ3v) is 5.46. The predicted molar refractivity (Wildman–Crippen MR) is 100 cm³/mol. The van der Waals surface area contributed by atoms with Gasteiger partial charge in [-0.1, -0.05) is 82.2 Å². The van der Waals surface area contributed by atoms with Crippen molar-refractivity contribution in [3.05, 3.63) is 42.0 Å². The molecule has 0 bridgehead atoms. The highest BCUT2D eigenvalue weighted by Crippen LogP contribution is 2.26. The summed E-state index contributed by atoms with van der Waals surface area (Å²) < 4.78 is 32.4. The van der Waals surface area contributed by atoms with Crippen molar-refractivity contribution in [3.8, 4) is 0 Å². The van der Waals surface area contributed by atoms with Crippen molar-refractivity contribution in [2.24, 2.45) is 0 Å². The minimum Gasteiger partial charge on any atom is -0.282 e. The van der Waals surface area contributed by atoms with E-state index in [1.54, 1.807) is 12.1 Å². The van der Waals surface area contributed by atoms with Gasteiger partial charge in [0.15, 0.2) is 0 Å². The summed E-state index contributed by atoms with van der Waals surface area (Å²) in [5.74, 6) is 0. The third-order valence-electron chi connectivity index (χ3n) is 4.55. The molecule has 0 unspecified atom stereocenters. The van der Waals surface area contributed by atoms with Crippen LogP contribution in [0.2, 0.25) is 0 Å². The van der Waals surface area contributed by atoms with Gasteiger partial charge in [-0.05, 0) is 29.9 Å². The van der Waals surface area contributed by atoms with Crippen molar-refractivity contribution in [1.29, 1.82) is 0 Å². The number of fused-ring (bicyclic) bond motifs is 1. The fourth-order valence-corrected chi connectivity index (χ4v) is 3.94. The summed E-state index contributed by atoms with van der Waals surface area (Å²) in [6, 6.07) is 10.8. The molecule has 2 aromatic rings. The molecule has 0 atom stereocenters. The molecule has 0 amide bonds. The molecule has 0 fully saturated rings. The van der Waals surface area contributed by atoms with E-state index >= 15 is 0 Å². The molecule has 2 aromatic carbocycles. The van der Waals surface area contributed by atoms with Gasteiger partial charge >= 0.3 is 0 Å². The van der Waals surface area contributed by atoms with Gasteiger partial charge < -0.3 is 0 Å². The van der Waals surface area contributed by atoms with Gasteiger partial charge in [-0.25, -0.2) is 0 Å². The molecule has 0 aliphatic heterocycles. The minimum atomic E-state index is -4.19. The van der Waals surface area contributed by atoms with E-state index in [4.69, 9.17) is 0 Å². The number of rotatable bonds is 10. The quantitative estimate of drug-likeness (QED) is 0.438. The second-order valence-corrected chi connectivity index (χ2v) is 7.86. The van der Waals surface area contributed by atoms with Crippen LogP contribution in [0.3, 0.4) is 0 Å². The Bertz CT molecular complexity index is 751. The van der Waals surface area contributed by atoms with Gasteiger partial charge in [0.1, 0.15) is 4.90 Å². The second-order valence-electron chi connectivity index (χ2n) is 6.47. The van der Waals surface area contributed by atoms with Crippen LogP contribution in [-0.2, 0) is 16.5 Å². The Morgan fingerprint density at radius 2 is 1.38 bits per heavy atom. The van der Waals surface area contributed by atoms with E-state index in [9.17, 15) is 13.0 Å². The van der Waals surface area contributed by atoms with Crippen LogP contribution in [0.1, 0.15) is 63.9 Å². The number of hydrogen-bond donors (Lipinski definition) is 1. The topological polar surface area (TPSA) is 54.4 Å². The molecule has 2 rings (SSSR count). The van der Waals surface area contributed by atoms with Crippen LogP contribution in [0, 0.1) is 0 Å². The number of hydrogen-bond acceptors (Lipinski definition) is 2. The molecule has 0 radical (unpaired) electrons. The van der Waals surface area contributed by atoms with E-state index in [0.717, 1.165) is 23.8 Å². The maximum absolute atomic E-state index is 11.5. The zero-order valence-corrected chi connectivity index (χ0v) is 15.3. The van der Waals surface area contributed by atoms with E-state index < -0.39 is 10.1 Å². The monoisotopic (exact) mass is 348 g/mol. The average molecular weight is 349 g/mol. The lowest BCUT2D eigenvalue weighted by Gasteiger charge is -2.09. The van der Waals surface area contributed by atoms with Crippen molar-refractivity contribution in [1.82, 2.24) is 0 Å². The highest BCUT2D eigenvalue weighted by atomic mass is 32.2. The van der Waals surface area contributed by atoms with Crippen molar-refractivity contribution in [2.45, 2.75) is 69.6 Å². The van der Waals surface area contributed by atoms with Crippen LogP contribution in [0.5, 0.6) is 0 Å². The Kier molecular flexibility index (Phi) is 7.25. The molecule has 0 saturated heterocycles. The van der Waals surface area contributed by atoms with Gasteiger partial charge in [0.2, 0.25) is 0 Å². The lowest BCUT2D eigenvalue weighted by atomic mass is 9.99. The molecule has 24 heavy (non-hydrogen) atoms. The fourth-order valence-electron chi connectivity index (χ4n) is 3.24. The molecule has 0 aliphatic rings. The lowest BCUT2D eigenvalue weighted by molar-refractivity contribution is 0.484. The zero-order valence-electron chi connectivity index (χ0n) is 14.5. The Labute approximate surface area is 145 Å². The summed E-state index contributed by atoms with van der Waals surface area (Å²) in [6.45, 7) is 2.23. The van der Waals surface area contributed by atoms with Crippen LogP contribution in [0.25, 0.3) is 10.8 Å². The van der Waals surface area contributed by atoms with Crippen LogP contribution in [0.15, 0.2) is 41.3 Å². The molecule has 0 aliphatic carbocycles. The largest absolute Gasteiger partial charge is 0.295 e. The van der Waals surface area contributed by atoms with Gasteiger partial charge in [-0.3, -0.25) is 4.55 Å². The van der Waals surface area contributed by atoms with Crippen molar-refractivity contribution < 1.29 is 13.0 Å². The first kappa shape index (κ1) is 18.9. The van der Waals surface area contributed by atoms with Crippen LogP contribution < -0.4 is 0 Å². The average Bonchev–Trinajstić information content (AvgIpc) is 2.56. The van der Waals surface area contributed by atoms with Crippen molar-refractivity contribution >= 4 is 20.9 Å². The number of benzene rings is 2. The molecule has 3 nitrogen and oxygen atoms in total. The first-order valence-electron chi connectivity index (χ1n) is 9.02. The SMILES string of the molecule is CCCCCCCCCCc1cccc2c(S(=O)(=O)O)cccc12. The van der Waals surface area contributed by atoms with E-state index in [1.165, 1.54) is 51.0 Å². The van der Waals surface area contributed by atoms with E-state index in [-0.39, 0.29) is 4.90 Å². The van der Waals surface area contributed by atoms with E-state index in [1.807, 2.05) is 12.1 Å². The zero-order chi connectivity index (χ0) is 17.4. The summed E-state index contributed by atoms with van der Waals surface area (Å²) in [5.41, 5.74) is 1.16. The van der Waals surface area contributed by atoms with Crippen molar-refractivity contribution in [2.75, 3.05) is 0 Å². The maximum atomic E-state index is 11.5. The van der Waals surface area contributed by atoms with E-state index in [2.05, 4.69) is 13.0 Å². The Balaban J connectivity index is 1.96. The molecule has 4 heteroatoms. The Hall–Kier alpha value is -1.39. The Morgan fingerprint density at radius 1 is 0.792 bits per heavy atom.